The molecule has 12 aromatic rings. The van der Waals surface area contributed by atoms with Gasteiger partial charge in [0.1, 0.15) is 22.3 Å². The number of para-hydroxylation sites is 1. The van der Waals surface area contributed by atoms with Crippen LogP contribution in [0.15, 0.2) is 191 Å². The molecule has 0 N–H and O–H groups in total. The van der Waals surface area contributed by atoms with E-state index >= 15 is 0 Å². The molecular weight excluding hydrogens is 657 g/mol. The summed E-state index contributed by atoms with van der Waals surface area (Å²) in [6.07, 6.45) is 0. The molecule has 0 aliphatic carbocycles. The van der Waals surface area contributed by atoms with Crippen LogP contribution in [0.25, 0.3) is 120 Å². The molecule has 0 amide bonds. The van der Waals surface area contributed by atoms with E-state index in [0.717, 1.165) is 59.8 Å². The Balaban J connectivity index is 1.27. The van der Waals surface area contributed by atoms with Gasteiger partial charge >= 0.3 is 0 Å². The first kappa shape index (κ1) is 22.7. The van der Waals surface area contributed by atoms with Crippen molar-refractivity contribution in [1.82, 2.24) is 0 Å². The van der Waals surface area contributed by atoms with Gasteiger partial charge in [0.25, 0.3) is 0 Å². The van der Waals surface area contributed by atoms with Gasteiger partial charge in [-0.1, -0.05) is 145 Å². The van der Waals surface area contributed by atoms with Gasteiger partial charge in [-0.15, -0.1) is 0 Å². The third kappa shape index (κ3) is 4.11. The van der Waals surface area contributed by atoms with Crippen LogP contribution in [-0.4, -0.2) is 0 Å². The van der Waals surface area contributed by atoms with Crippen molar-refractivity contribution < 1.29 is 19.8 Å². The van der Waals surface area contributed by atoms with Crippen LogP contribution in [0.4, 0.5) is 0 Å². The molecule has 0 bridgehead atoms. The predicted octanol–water partition coefficient (Wildman–Crippen LogP) is 15.1. The average Bonchev–Trinajstić information content (AvgIpc) is 3.88. The molecule has 250 valence electrons. The fourth-order valence-electron chi connectivity index (χ4n) is 8.63. The summed E-state index contributed by atoms with van der Waals surface area (Å²) in [5.74, 6) is 0. The van der Waals surface area contributed by atoms with Crippen molar-refractivity contribution in [3.8, 4) is 33.4 Å². The van der Waals surface area contributed by atoms with Gasteiger partial charge in [0.2, 0.25) is 0 Å². The maximum Gasteiger partial charge on any atom is 0.136 e. The summed E-state index contributed by atoms with van der Waals surface area (Å²) >= 11 is 0. The molecule has 0 fully saturated rings. The van der Waals surface area contributed by atoms with Crippen LogP contribution in [0.2, 0.25) is 0 Å². The van der Waals surface area contributed by atoms with E-state index in [2.05, 4.69) is 6.07 Å². The lowest BCUT2D eigenvalue weighted by Crippen LogP contribution is -1.93. The zero-order chi connectivity index (χ0) is 42.3. The lowest BCUT2D eigenvalue weighted by molar-refractivity contribution is 0.663. The lowest BCUT2D eigenvalue weighted by Gasteiger charge is -2.20. The second-order valence-corrected chi connectivity index (χ2v) is 13.7. The zero-order valence-corrected chi connectivity index (χ0v) is 28.5. The molecule has 2 aromatic heterocycles. The summed E-state index contributed by atoms with van der Waals surface area (Å²) in [4.78, 5) is 0. The van der Waals surface area contributed by atoms with Crippen LogP contribution in [-0.2, 0) is 0 Å². The Morgan fingerprint density at radius 2 is 0.870 bits per heavy atom. The van der Waals surface area contributed by atoms with Gasteiger partial charge in [-0.2, -0.15) is 0 Å². The summed E-state index contributed by atoms with van der Waals surface area (Å²) in [6.45, 7) is 0. The highest BCUT2D eigenvalue weighted by atomic mass is 16.3. The summed E-state index contributed by atoms with van der Waals surface area (Å²) in [5.41, 5.74) is 6.12. The zero-order valence-electron chi connectivity index (χ0n) is 36.5. The van der Waals surface area contributed by atoms with Crippen LogP contribution >= 0.6 is 0 Å². The molecule has 0 aliphatic heterocycles. The quantitative estimate of drug-likeness (QED) is 0.136. The van der Waals surface area contributed by atoms with Crippen molar-refractivity contribution >= 4 is 87.0 Å². The van der Waals surface area contributed by atoms with E-state index in [1.54, 1.807) is 6.07 Å². The number of furan rings is 2. The molecule has 2 nitrogen and oxygen atoms in total. The van der Waals surface area contributed by atoms with Crippen molar-refractivity contribution in [3.05, 3.63) is 182 Å². The molecule has 0 saturated heterocycles. The number of hydrogen-bond acceptors (Lipinski definition) is 2. The minimum Gasteiger partial charge on any atom is -0.456 e. The van der Waals surface area contributed by atoms with Crippen LogP contribution in [0.5, 0.6) is 0 Å². The number of fused-ring (bicyclic) bond motifs is 12. The van der Waals surface area contributed by atoms with Crippen LogP contribution in [0, 0.1) is 0 Å². The van der Waals surface area contributed by atoms with Gasteiger partial charge in [0.15, 0.2) is 0 Å². The molecule has 0 spiro atoms. The Morgan fingerprint density at radius 3 is 1.59 bits per heavy atom. The smallest absolute Gasteiger partial charge is 0.136 e. The Morgan fingerprint density at radius 1 is 0.315 bits per heavy atom. The average molecular weight is 695 g/mol. The van der Waals surface area contributed by atoms with Gasteiger partial charge in [-0.25, -0.2) is 0 Å². The summed E-state index contributed by atoms with van der Waals surface area (Å²) in [5, 5.41) is 7.61. The molecule has 0 radical (unpaired) electrons. The largest absolute Gasteiger partial charge is 0.456 e. The monoisotopic (exact) mass is 694 g/mol. The van der Waals surface area contributed by atoms with Crippen LogP contribution < -0.4 is 0 Å². The van der Waals surface area contributed by atoms with Crippen LogP contribution in [0.1, 0.15) is 11.0 Å². The van der Waals surface area contributed by atoms with E-state index in [0.29, 0.717) is 33.4 Å². The van der Waals surface area contributed by atoms with Gasteiger partial charge in [0.05, 0.1) is 11.0 Å². The van der Waals surface area contributed by atoms with E-state index in [9.17, 15) is 5.48 Å². The van der Waals surface area contributed by atoms with Crippen molar-refractivity contribution in [2.24, 2.45) is 0 Å². The maximum absolute atomic E-state index is 9.64. The molecule has 12 rings (SSSR count). The maximum atomic E-state index is 9.64. The van der Waals surface area contributed by atoms with Crippen molar-refractivity contribution in [2.45, 2.75) is 0 Å². The highest BCUT2D eigenvalue weighted by Crippen LogP contribution is 2.48. The van der Waals surface area contributed by atoms with Gasteiger partial charge in [-0.3, -0.25) is 0 Å². The van der Waals surface area contributed by atoms with E-state index in [1.165, 1.54) is 0 Å². The standard InChI is InChI=1S/C52H30O2/c1-2-13-31(14-3-1)33-22-12-23-35-34-15-4-5-16-36(34)44(30-43(33)35)50-39-19-8-6-17-37(39)49(38-18-7-9-20-40(38)50)32-25-26-42-48(29-32)54-47-28-27-46-51(52(42)47)41-21-10-11-24-45(41)53-46/h1-30H/i6D,7D,8D,9D,17D,18D,19D,20D. The fraction of sp³-hybridized carbons (Fsp3) is 0. The van der Waals surface area contributed by atoms with E-state index in [1.807, 2.05) is 121 Å². The number of benzene rings is 10. The van der Waals surface area contributed by atoms with Gasteiger partial charge in [0, 0.05) is 21.5 Å². The number of rotatable bonds is 3. The van der Waals surface area contributed by atoms with E-state index in [-0.39, 0.29) is 51.3 Å². The molecule has 0 aliphatic rings. The Bertz CT molecular complexity index is 3880. The minimum absolute atomic E-state index is 0.141. The van der Waals surface area contributed by atoms with Gasteiger partial charge < -0.3 is 8.83 Å². The number of hydrogen-bond donors (Lipinski definition) is 0. The Hall–Kier alpha value is -7.16. The molecule has 0 atom stereocenters. The topological polar surface area (TPSA) is 26.3 Å². The van der Waals surface area contributed by atoms with Gasteiger partial charge in [-0.05, 0) is 113 Å². The SMILES string of the molecule is [2H]c1c([2H])c([2H])c2c(-c3cc4c(-c5ccccc5)cccc4c4ccccc34)c3c([2H])c([2H])c([2H])c([2H])c3c(-c3ccc4c(c3)oc3ccc5oc6ccccc6c5c34)c2c1[2H]. The first-order valence-corrected chi connectivity index (χ1v) is 17.9. The highest BCUT2D eigenvalue weighted by molar-refractivity contribution is 6.28. The summed E-state index contributed by atoms with van der Waals surface area (Å²) < 4.78 is 87.3. The second-order valence-electron chi connectivity index (χ2n) is 13.7. The third-order valence-corrected chi connectivity index (χ3v) is 10.9. The molecule has 2 heterocycles. The second kappa shape index (κ2) is 11.2. The van der Waals surface area contributed by atoms with Crippen molar-refractivity contribution in [1.29, 1.82) is 0 Å². The van der Waals surface area contributed by atoms with Crippen molar-refractivity contribution in [2.75, 3.05) is 0 Å². The first-order valence-electron chi connectivity index (χ1n) is 21.9. The Labute approximate surface area is 321 Å². The summed E-state index contributed by atoms with van der Waals surface area (Å²) in [7, 11) is 0. The third-order valence-electron chi connectivity index (χ3n) is 10.9. The molecule has 0 unspecified atom stereocenters. The Kier molecular flexibility index (Phi) is 4.70. The minimum atomic E-state index is -0.455. The molecule has 54 heavy (non-hydrogen) atoms. The lowest BCUT2D eigenvalue weighted by atomic mass is 9.83. The molecular formula is C52H30O2. The predicted molar refractivity (Wildman–Crippen MR) is 227 cm³/mol. The fourth-order valence-corrected chi connectivity index (χ4v) is 8.63. The van der Waals surface area contributed by atoms with Crippen LogP contribution in [0.3, 0.4) is 0 Å². The molecule has 10 aromatic carbocycles. The molecule has 2 heteroatoms. The van der Waals surface area contributed by atoms with E-state index in [4.69, 9.17) is 14.3 Å². The molecule has 0 saturated carbocycles. The highest BCUT2D eigenvalue weighted by Gasteiger charge is 2.21. The summed E-state index contributed by atoms with van der Waals surface area (Å²) in [6, 6.07) is 40.0. The first-order chi connectivity index (χ1) is 30.1. The van der Waals surface area contributed by atoms with E-state index < -0.39 is 24.2 Å². The normalized spacial score (nSPS) is 14.1. The van der Waals surface area contributed by atoms with Crippen molar-refractivity contribution in [3.63, 3.8) is 0 Å².